The van der Waals surface area contributed by atoms with Crippen molar-refractivity contribution in [3.05, 3.63) is 29.6 Å². The molecule has 0 unspecified atom stereocenters. The second-order valence-electron chi connectivity index (χ2n) is 3.65. The Morgan fingerprint density at radius 2 is 2.06 bits per heavy atom. The van der Waals surface area contributed by atoms with Crippen LogP contribution in [0.4, 0.5) is 4.39 Å². The van der Waals surface area contributed by atoms with Crippen molar-refractivity contribution in [2.45, 2.75) is 19.8 Å². The first-order valence-electron chi connectivity index (χ1n) is 5.72. The minimum absolute atomic E-state index is 0.270. The second-order valence-corrected chi connectivity index (χ2v) is 3.65. The highest BCUT2D eigenvalue weighted by atomic mass is 19.1. The number of aldehydes is 1. The average molecular weight is 240 g/mol. The van der Waals surface area contributed by atoms with Gasteiger partial charge >= 0.3 is 0 Å². The van der Waals surface area contributed by atoms with Crippen LogP contribution in [0.5, 0.6) is 5.75 Å². The Bertz CT molecular complexity index is 353. The van der Waals surface area contributed by atoms with Crippen molar-refractivity contribution >= 4 is 6.29 Å². The van der Waals surface area contributed by atoms with Gasteiger partial charge in [0.25, 0.3) is 0 Å². The maximum absolute atomic E-state index is 13.0. The van der Waals surface area contributed by atoms with Gasteiger partial charge in [0, 0.05) is 18.2 Å². The highest BCUT2D eigenvalue weighted by molar-refractivity contribution is 5.75. The maximum atomic E-state index is 13.0. The summed E-state index contributed by atoms with van der Waals surface area (Å²) in [6.07, 6.45) is 2.70. The lowest BCUT2D eigenvalue weighted by molar-refractivity contribution is 0.0978. The summed E-state index contributed by atoms with van der Waals surface area (Å²) in [6, 6.07) is 3.92. The SMILES string of the molecule is CCCCOCCOc1cc(F)cc(C=O)c1. The molecule has 0 aliphatic carbocycles. The van der Waals surface area contributed by atoms with Gasteiger partial charge in [0.15, 0.2) is 0 Å². The van der Waals surface area contributed by atoms with E-state index in [-0.39, 0.29) is 5.56 Å². The number of carbonyl (C=O) groups is 1. The topological polar surface area (TPSA) is 35.5 Å². The van der Waals surface area contributed by atoms with Gasteiger partial charge in [-0.2, -0.15) is 0 Å². The lowest BCUT2D eigenvalue weighted by Gasteiger charge is -2.07. The third-order valence-corrected chi connectivity index (χ3v) is 2.17. The van der Waals surface area contributed by atoms with Crippen LogP contribution in [0.25, 0.3) is 0 Å². The van der Waals surface area contributed by atoms with Gasteiger partial charge in [-0.25, -0.2) is 4.39 Å². The molecule has 0 aliphatic rings. The van der Waals surface area contributed by atoms with Gasteiger partial charge in [0.1, 0.15) is 24.5 Å². The number of hydrogen-bond acceptors (Lipinski definition) is 3. The predicted molar refractivity (Wildman–Crippen MR) is 63.0 cm³/mol. The zero-order chi connectivity index (χ0) is 12.5. The van der Waals surface area contributed by atoms with Crippen LogP contribution < -0.4 is 4.74 Å². The quantitative estimate of drug-likeness (QED) is 0.517. The van der Waals surface area contributed by atoms with Crippen LogP contribution >= 0.6 is 0 Å². The minimum Gasteiger partial charge on any atom is -0.491 e. The van der Waals surface area contributed by atoms with Crippen LogP contribution in [-0.2, 0) is 4.74 Å². The summed E-state index contributed by atoms with van der Waals surface area (Å²) in [5.41, 5.74) is 0.270. The molecule has 0 bridgehead atoms. The van der Waals surface area contributed by atoms with E-state index in [1.807, 2.05) is 0 Å². The fraction of sp³-hybridized carbons (Fsp3) is 0.462. The van der Waals surface area contributed by atoms with E-state index in [1.165, 1.54) is 12.1 Å². The molecule has 17 heavy (non-hydrogen) atoms. The molecule has 1 aromatic rings. The summed E-state index contributed by atoms with van der Waals surface area (Å²) in [4.78, 5) is 10.5. The summed E-state index contributed by atoms with van der Waals surface area (Å²) < 4.78 is 23.6. The van der Waals surface area contributed by atoms with Crippen molar-refractivity contribution in [1.29, 1.82) is 0 Å². The van der Waals surface area contributed by atoms with E-state index in [9.17, 15) is 9.18 Å². The number of ether oxygens (including phenoxy) is 2. The van der Waals surface area contributed by atoms with Crippen LogP contribution in [0.2, 0.25) is 0 Å². The summed E-state index contributed by atoms with van der Waals surface area (Å²) in [5.74, 6) is -0.123. The second kappa shape index (κ2) is 7.79. The van der Waals surface area contributed by atoms with Crippen molar-refractivity contribution in [2.24, 2.45) is 0 Å². The van der Waals surface area contributed by atoms with Crippen molar-refractivity contribution in [3.63, 3.8) is 0 Å². The first-order chi connectivity index (χ1) is 8.26. The largest absolute Gasteiger partial charge is 0.491 e. The van der Waals surface area contributed by atoms with Crippen LogP contribution in [-0.4, -0.2) is 26.1 Å². The number of rotatable bonds is 8. The fourth-order valence-electron chi connectivity index (χ4n) is 1.30. The molecule has 0 aromatic heterocycles. The minimum atomic E-state index is -0.475. The highest BCUT2D eigenvalue weighted by Gasteiger charge is 2.01. The summed E-state index contributed by atoms with van der Waals surface area (Å²) in [6.45, 7) is 3.62. The molecule has 0 heterocycles. The molecule has 0 fully saturated rings. The normalized spacial score (nSPS) is 10.2. The van der Waals surface area contributed by atoms with E-state index >= 15 is 0 Å². The zero-order valence-electron chi connectivity index (χ0n) is 9.95. The third-order valence-electron chi connectivity index (χ3n) is 2.17. The summed E-state index contributed by atoms with van der Waals surface area (Å²) >= 11 is 0. The molecular formula is C13H17FO3. The summed E-state index contributed by atoms with van der Waals surface area (Å²) in [7, 11) is 0. The van der Waals surface area contributed by atoms with E-state index < -0.39 is 5.82 Å². The number of unbranched alkanes of at least 4 members (excludes halogenated alkanes) is 1. The van der Waals surface area contributed by atoms with Gasteiger partial charge in [-0.05, 0) is 18.6 Å². The molecule has 3 nitrogen and oxygen atoms in total. The monoisotopic (exact) mass is 240 g/mol. The smallest absolute Gasteiger partial charge is 0.150 e. The molecule has 0 amide bonds. The Hall–Kier alpha value is -1.42. The molecule has 4 heteroatoms. The first-order valence-corrected chi connectivity index (χ1v) is 5.72. The number of halogens is 1. The van der Waals surface area contributed by atoms with Gasteiger partial charge in [-0.3, -0.25) is 4.79 Å². The van der Waals surface area contributed by atoms with Crippen LogP contribution in [0.1, 0.15) is 30.1 Å². The van der Waals surface area contributed by atoms with Crippen molar-refractivity contribution < 1.29 is 18.7 Å². The summed E-state index contributed by atoms with van der Waals surface area (Å²) in [5, 5.41) is 0. The molecule has 1 rings (SSSR count). The van der Waals surface area contributed by atoms with Gasteiger partial charge in [0.05, 0.1) is 6.61 Å². The van der Waals surface area contributed by atoms with Gasteiger partial charge in [-0.15, -0.1) is 0 Å². The van der Waals surface area contributed by atoms with E-state index in [2.05, 4.69) is 6.92 Å². The van der Waals surface area contributed by atoms with E-state index in [1.54, 1.807) is 0 Å². The van der Waals surface area contributed by atoms with Crippen LogP contribution in [0, 0.1) is 5.82 Å². The average Bonchev–Trinajstić information content (AvgIpc) is 2.33. The van der Waals surface area contributed by atoms with Gasteiger partial charge < -0.3 is 9.47 Å². The van der Waals surface area contributed by atoms with E-state index in [0.717, 1.165) is 18.9 Å². The standard InChI is InChI=1S/C13H17FO3/c1-2-3-4-16-5-6-17-13-8-11(10-15)7-12(14)9-13/h7-10H,2-6H2,1H3. The Balaban J connectivity index is 2.31. The molecule has 0 N–H and O–H groups in total. The van der Waals surface area contributed by atoms with E-state index in [0.29, 0.717) is 31.9 Å². The molecule has 94 valence electrons. The molecule has 0 saturated heterocycles. The van der Waals surface area contributed by atoms with Gasteiger partial charge in [-0.1, -0.05) is 13.3 Å². The lowest BCUT2D eigenvalue weighted by Crippen LogP contribution is -2.07. The number of benzene rings is 1. The van der Waals surface area contributed by atoms with Crippen molar-refractivity contribution in [2.75, 3.05) is 19.8 Å². The van der Waals surface area contributed by atoms with Crippen molar-refractivity contribution in [3.8, 4) is 5.75 Å². The van der Waals surface area contributed by atoms with Crippen molar-refractivity contribution in [1.82, 2.24) is 0 Å². The predicted octanol–water partition coefficient (Wildman–Crippen LogP) is 2.83. The molecule has 0 saturated carbocycles. The molecule has 0 aliphatic heterocycles. The Kier molecular flexibility index (Phi) is 6.25. The molecular weight excluding hydrogens is 223 g/mol. The maximum Gasteiger partial charge on any atom is 0.150 e. The van der Waals surface area contributed by atoms with Gasteiger partial charge in [0.2, 0.25) is 0 Å². The lowest BCUT2D eigenvalue weighted by atomic mass is 10.2. The highest BCUT2D eigenvalue weighted by Crippen LogP contribution is 2.15. The molecule has 0 spiro atoms. The third kappa shape index (κ3) is 5.45. The first kappa shape index (κ1) is 13.6. The Morgan fingerprint density at radius 1 is 1.24 bits per heavy atom. The molecule has 0 radical (unpaired) electrons. The van der Waals surface area contributed by atoms with E-state index in [4.69, 9.17) is 9.47 Å². The fourth-order valence-corrected chi connectivity index (χ4v) is 1.30. The van der Waals surface area contributed by atoms with Crippen LogP contribution in [0.15, 0.2) is 18.2 Å². The molecule has 0 atom stereocenters. The number of hydrogen-bond donors (Lipinski definition) is 0. The zero-order valence-corrected chi connectivity index (χ0v) is 9.95. The van der Waals surface area contributed by atoms with Crippen LogP contribution in [0.3, 0.4) is 0 Å². The molecule has 1 aromatic carbocycles. The number of carbonyl (C=O) groups excluding carboxylic acids is 1. The Morgan fingerprint density at radius 3 is 2.76 bits per heavy atom. The Labute approximate surface area is 101 Å².